The van der Waals surface area contributed by atoms with E-state index in [2.05, 4.69) is 4.98 Å². The first-order valence-electron chi connectivity index (χ1n) is 6.09. The molecule has 0 aliphatic rings. The fraction of sp³-hybridized carbons (Fsp3) is 0.200. The minimum Gasteiger partial charge on any atom is -0.496 e. The van der Waals surface area contributed by atoms with Crippen LogP contribution in [0.2, 0.25) is 5.02 Å². The number of amides is 1. The lowest BCUT2D eigenvalue weighted by molar-refractivity contribution is 0.0784. The fourth-order valence-corrected chi connectivity index (χ4v) is 2.11. The van der Waals surface area contributed by atoms with E-state index in [1.54, 1.807) is 61.8 Å². The van der Waals surface area contributed by atoms with E-state index in [4.69, 9.17) is 16.3 Å². The van der Waals surface area contributed by atoms with Crippen molar-refractivity contribution in [1.82, 2.24) is 9.88 Å². The van der Waals surface area contributed by atoms with E-state index in [0.29, 0.717) is 22.9 Å². The van der Waals surface area contributed by atoms with E-state index >= 15 is 0 Å². The van der Waals surface area contributed by atoms with Crippen LogP contribution in [0.25, 0.3) is 0 Å². The Kier molecular flexibility index (Phi) is 4.58. The summed E-state index contributed by atoms with van der Waals surface area (Å²) in [6.07, 6.45) is 3.20. The van der Waals surface area contributed by atoms with Crippen molar-refractivity contribution in [3.8, 4) is 5.75 Å². The number of halogens is 1. The van der Waals surface area contributed by atoms with Gasteiger partial charge in [-0.2, -0.15) is 0 Å². The minimum atomic E-state index is -0.0746. The average molecular weight is 291 g/mol. The number of carbonyl (C=O) groups excluding carboxylic acids is 1. The molecule has 1 aromatic heterocycles. The van der Waals surface area contributed by atoms with Crippen molar-refractivity contribution < 1.29 is 9.53 Å². The predicted molar refractivity (Wildman–Crippen MR) is 78.0 cm³/mol. The van der Waals surface area contributed by atoms with Gasteiger partial charge in [-0.05, 0) is 30.3 Å². The molecule has 0 aliphatic heterocycles. The lowest BCUT2D eigenvalue weighted by atomic mass is 10.1. The molecular formula is C15H15ClN2O2. The number of nitrogens with zero attached hydrogens (tertiary/aromatic N) is 2. The number of methoxy groups -OCH3 is 1. The van der Waals surface area contributed by atoms with E-state index in [1.165, 1.54) is 0 Å². The van der Waals surface area contributed by atoms with Crippen molar-refractivity contribution in [2.45, 2.75) is 6.54 Å². The zero-order valence-corrected chi connectivity index (χ0v) is 12.1. The highest BCUT2D eigenvalue weighted by molar-refractivity contribution is 6.30. The maximum atomic E-state index is 12.3. The SMILES string of the molecule is COc1ccc(Cl)cc1CN(C)C(=O)c1ccncc1. The van der Waals surface area contributed by atoms with E-state index in [9.17, 15) is 4.79 Å². The average Bonchev–Trinajstić information content (AvgIpc) is 2.47. The Hall–Kier alpha value is -2.07. The molecule has 104 valence electrons. The third kappa shape index (κ3) is 3.27. The normalized spacial score (nSPS) is 10.2. The van der Waals surface area contributed by atoms with Crippen LogP contribution < -0.4 is 4.74 Å². The maximum absolute atomic E-state index is 12.3. The van der Waals surface area contributed by atoms with Gasteiger partial charge in [-0.15, -0.1) is 0 Å². The molecule has 0 saturated carbocycles. The van der Waals surface area contributed by atoms with Gasteiger partial charge in [-0.1, -0.05) is 11.6 Å². The Morgan fingerprint density at radius 1 is 1.30 bits per heavy atom. The summed E-state index contributed by atoms with van der Waals surface area (Å²) in [6.45, 7) is 0.422. The third-order valence-electron chi connectivity index (χ3n) is 2.92. The first-order chi connectivity index (χ1) is 9.61. The second kappa shape index (κ2) is 6.39. The van der Waals surface area contributed by atoms with E-state index in [0.717, 1.165) is 5.56 Å². The van der Waals surface area contributed by atoms with Crippen molar-refractivity contribution in [3.05, 3.63) is 58.9 Å². The standard InChI is InChI=1S/C15H15ClN2O2/c1-18(15(19)11-5-7-17-8-6-11)10-12-9-13(16)3-4-14(12)20-2/h3-9H,10H2,1-2H3. The number of carbonyl (C=O) groups is 1. The monoisotopic (exact) mass is 290 g/mol. The van der Waals surface area contributed by atoms with Crippen molar-refractivity contribution in [2.24, 2.45) is 0 Å². The molecule has 0 atom stereocenters. The van der Waals surface area contributed by atoms with Crippen LogP contribution >= 0.6 is 11.6 Å². The Balaban J connectivity index is 2.17. The zero-order chi connectivity index (χ0) is 14.5. The molecule has 0 N–H and O–H groups in total. The van der Waals surface area contributed by atoms with Crippen LogP contribution in [0.5, 0.6) is 5.75 Å². The van der Waals surface area contributed by atoms with E-state index in [1.807, 2.05) is 0 Å². The van der Waals surface area contributed by atoms with Gasteiger partial charge < -0.3 is 9.64 Å². The molecule has 2 rings (SSSR count). The molecule has 4 nitrogen and oxygen atoms in total. The van der Waals surface area contributed by atoms with Gasteiger partial charge in [-0.3, -0.25) is 9.78 Å². The highest BCUT2D eigenvalue weighted by Gasteiger charge is 2.14. The quantitative estimate of drug-likeness (QED) is 0.869. The van der Waals surface area contributed by atoms with Crippen molar-refractivity contribution in [3.63, 3.8) is 0 Å². The first-order valence-corrected chi connectivity index (χ1v) is 6.47. The van der Waals surface area contributed by atoms with Gasteiger partial charge in [0.15, 0.2) is 0 Å². The van der Waals surface area contributed by atoms with Crippen LogP contribution in [0.1, 0.15) is 15.9 Å². The summed E-state index contributed by atoms with van der Waals surface area (Å²) in [4.78, 5) is 17.8. The summed E-state index contributed by atoms with van der Waals surface area (Å²) in [6, 6.07) is 8.73. The molecule has 1 amide bonds. The number of aromatic nitrogens is 1. The minimum absolute atomic E-state index is 0.0746. The van der Waals surface area contributed by atoms with Crippen LogP contribution in [-0.4, -0.2) is 29.9 Å². The molecule has 2 aromatic rings. The van der Waals surface area contributed by atoms with Crippen LogP contribution in [0, 0.1) is 0 Å². The molecular weight excluding hydrogens is 276 g/mol. The Morgan fingerprint density at radius 3 is 2.65 bits per heavy atom. The largest absolute Gasteiger partial charge is 0.496 e. The Morgan fingerprint density at radius 2 is 2.00 bits per heavy atom. The summed E-state index contributed by atoms with van der Waals surface area (Å²) in [5.74, 6) is 0.637. The van der Waals surface area contributed by atoms with E-state index < -0.39 is 0 Å². The van der Waals surface area contributed by atoms with Gasteiger partial charge >= 0.3 is 0 Å². The highest BCUT2D eigenvalue weighted by atomic mass is 35.5. The zero-order valence-electron chi connectivity index (χ0n) is 11.3. The second-order valence-electron chi connectivity index (χ2n) is 4.35. The molecule has 1 heterocycles. The molecule has 20 heavy (non-hydrogen) atoms. The smallest absolute Gasteiger partial charge is 0.254 e. The van der Waals surface area contributed by atoms with Crippen LogP contribution in [0.15, 0.2) is 42.7 Å². The number of benzene rings is 1. The second-order valence-corrected chi connectivity index (χ2v) is 4.79. The van der Waals surface area contributed by atoms with Gasteiger partial charge in [0.25, 0.3) is 5.91 Å². The van der Waals surface area contributed by atoms with E-state index in [-0.39, 0.29) is 5.91 Å². The fourth-order valence-electron chi connectivity index (χ4n) is 1.91. The van der Waals surface area contributed by atoms with Crippen LogP contribution in [0.3, 0.4) is 0 Å². The topological polar surface area (TPSA) is 42.4 Å². The van der Waals surface area contributed by atoms with Crippen LogP contribution in [0.4, 0.5) is 0 Å². The van der Waals surface area contributed by atoms with Crippen molar-refractivity contribution in [1.29, 1.82) is 0 Å². The van der Waals surface area contributed by atoms with Gasteiger partial charge in [0.2, 0.25) is 0 Å². The lowest BCUT2D eigenvalue weighted by Crippen LogP contribution is -2.26. The summed E-state index contributed by atoms with van der Waals surface area (Å²) >= 11 is 5.99. The van der Waals surface area contributed by atoms with Gasteiger partial charge in [0, 0.05) is 42.1 Å². The number of rotatable bonds is 4. The van der Waals surface area contributed by atoms with Gasteiger partial charge in [0.05, 0.1) is 7.11 Å². The molecule has 0 fully saturated rings. The maximum Gasteiger partial charge on any atom is 0.254 e. The van der Waals surface area contributed by atoms with Crippen molar-refractivity contribution in [2.75, 3.05) is 14.2 Å². The summed E-state index contributed by atoms with van der Waals surface area (Å²) in [5.41, 5.74) is 1.47. The predicted octanol–water partition coefficient (Wildman–Crippen LogP) is 3.02. The Labute approximate surface area is 123 Å². The third-order valence-corrected chi connectivity index (χ3v) is 3.16. The molecule has 0 spiro atoms. The number of pyridine rings is 1. The molecule has 0 unspecified atom stereocenters. The number of hydrogen-bond donors (Lipinski definition) is 0. The summed E-state index contributed by atoms with van der Waals surface area (Å²) in [5, 5.41) is 0.616. The summed E-state index contributed by atoms with van der Waals surface area (Å²) < 4.78 is 5.28. The van der Waals surface area contributed by atoms with Crippen molar-refractivity contribution >= 4 is 17.5 Å². The summed E-state index contributed by atoms with van der Waals surface area (Å²) in [7, 11) is 3.33. The first kappa shape index (κ1) is 14.3. The number of hydrogen-bond acceptors (Lipinski definition) is 3. The van der Waals surface area contributed by atoms with Gasteiger partial charge in [0.1, 0.15) is 5.75 Å². The molecule has 0 bridgehead atoms. The molecule has 5 heteroatoms. The molecule has 0 radical (unpaired) electrons. The molecule has 1 aromatic carbocycles. The Bertz CT molecular complexity index is 602. The number of ether oxygens (including phenoxy) is 1. The van der Waals surface area contributed by atoms with Gasteiger partial charge in [-0.25, -0.2) is 0 Å². The van der Waals surface area contributed by atoms with Crippen LogP contribution in [-0.2, 0) is 6.54 Å². The molecule has 0 aliphatic carbocycles. The highest BCUT2D eigenvalue weighted by Crippen LogP contribution is 2.24. The molecule has 0 saturated heterocycles. The lowest BCUT2D eigenvalue weighted by Gasteiger charge is -2.19.